The predicted molar refractivity (Wildman–Crippen MR) is 93.1 cm³/mol. The molecule has 0 radical (unpaired) electrons. The van der Waals surface area contributed by atoms with Gasteiger partial charge < -0.3 is 9.47 Å². The number of thiazole rings is 1. The average molecular weight is 346 g/mol. The van der Waals surface area contributed by atoms with E-state index in [-0.39, 0.29) is 18.2 Å². The summed E-state index contributed by atoms with van der Waals surface area (Å²) in [7, 11) is 0. The lowest BCUT2D eigenvalue weighted by atomic mass is 10.1. The Morgan fingerprint density at radius 1 is 1.38 bits per heavy atom. The van der Waals surface area contributed by atoms with Gasteiger partial charge in [0.15, 0.2) is 0 Å². The summed E-state index contributed by atoms with van der Waals surface area (Å²) in [6.45, 7) is 6.51. The number of carbonyl (C=O) groups excluding carboxylic acids is 1. The van der Waals surface area contributed by atoms with Crippen LogP contribution in [0.15, 0.2) is 35.8 Å². The molecule has 128 valence electrons. The van der Waals surface area contributed by atoms with Gasteiger partial charge in [0, 0.05) is 19.6 Å². The molecule has 2 heterocycles. The Bertz CT molecular complexity index is 674. The van der Waals surface area contributed by atoms with Crippen LogP contribution in [-0.2, 0) is 16.0 Å². The zero-order chi connectivity index (χ0) is 16.9. The fraction of sp³-hybridized carbons (Fsp3) is 0.444. The smallest absolute Gasteiger partial charge is 0.350 e. The van der Waals surface area contributed by atoms with Gasteiger partial charge in [0.2, 0.25) is 0 Å². The van der Waals surface area contributed by atoms with E-state index >= 15 is 0 Å². The molecule has 0 N–H and O–H groups in total. The second-order valence-corrected chi connectivity index (χ2v) is 6.74. The van der Waals surface area contributed by atoms with Crippen LogP contribution in [0.1, 0.15) is 40.9 Å². The fourth-order valence-corrected chi connectivity index (χ4v) is 3.67. The number of benzene rings is 1. The molecule has 1 fully saturated rings. The average Bonchev–Trinajstić information content (AvgIpc) is 3.03. The maximum atomic E-state index is 12.0. The molecule has 3 rings (SSSR count). The Morgan fingerprint density at radius 2 is 2.17 bits per heavy atom. The first-order chi connectivity index (χ1) is 11.7. The number of esters is 1. The van der Waals surface area contributed by atoms with Crippen molar-refractivity contribution in [1.29, 1.82) is 0 Å². The van der Waals surface area contributed by atoms with Gasteiger partial charge in [-0.1, -0.05) is 30.3 Å². The Balaban J connectivity index is 1.71. The van der Waals surface area contributed by atoms with E-state index < -0.39 is 0 Å². The van der Waals surface area contributed by atoms with Gasteiger partial charge in [0.1, 0.15) is 4.88 Å². The number of hydrogen-bond donors (Lipinski definition) is 0. The van der Waals surface area contributed by atoms with Gasteiger partial charge in [-0.05, 0) is 19.4 Å². The Labute approximate surface area is 146 Å². The minimum Gasteiger partial charge on any atom is -0.462 e. The fourth-order valence-electron chi connectivity index (χ4n) is 2.98. The zero-order valence-electron chi connectivity index (χ0n) is 14.0. The van der Waals surface area contributed by atoms with Gasteiger partial charge in [-0.2, -0.15) is 0 Å². The van der Waals surface area contributed by atoms with Crippen LogP contribution in [0.5, 0.6) is 0 Å². The van der Waals surface area contributed by atoms with Crippen LogP contribution in [0.3, 0.4) is 0 Å². The molecule has 0 saturated carbocycles. The summed E-state index contributed by atoms with van der Waals surface area (Å²) in [5.41, 5.74) is 3.68. The van der Waals surface area contributed by atoms with Crippen LogP contribution in [0.25, 0.3) is 0 Å². The molecule has 1 aromatic heterocycles. The second kappa shape index (κ2) is 7.88. The van der Waals surface area contributed by atoms with Crippen LogP contribution >= 0.6 is 11.3 Å². The van der Waals surface area contributed by atoms with Crippen molar-refractivity contribution < 1.29 is 14.3 Å². The topological polar surface area (TPSA) is 51.7 Å². The number of carbonyl (C=O) groups is 1. The lowest BCUT2D eigenvalue weighted by Crippen LogP contribution is -2.42. The lowest BCUT2D eigenvalue weighted by molar-refractivity contribution is -0.0816. The van der Waals surface area contributed by atoms with Crippen LogP contribution < -0.4 is 0 Å². The van der Waals surface area contributed by atoms with Crippen molar-refractivity contribution in [1.82, 2.24) is 9.88 Å². The molecule has 2 atom stereocenters. The van der Waals surface area contributed by atoms with E-state index in [1.807, 2.05) is 25.1 Å². The van der Waals surface area contributed by atoms with Crippen molar-refractivity contribution in [3.05, 3.63) is 52.0 Å². The standard InChI is InChI=1S/C18H22N2O3S/c1-3-22-18(21)17-15(19-12-24-17)10-20-9-13(2)23-16(11-20)14-7-5-4-6-8-14/h4-8,12-13,16H,3,9-11H2,1-2H3/t13-,16+/m1/s1. The summed E-state index contributed by atoms with van der Waals surface area (Å²) in [5.74, 6) is -0.282. The van der Waals surface area contributed by atoms with Gasteiger partial charge in [-0.25, -0.2) is 9.78 Å². The van der Waals surface area contributed by atoms with Crippen molar-refractivity contribution in [2.45, 2.75) is 32.6 Å². The van der Waals surface area contributed by atoms with Crippen molar-refractivity contribution >= 4 is 17.3 Å². The van der Waals surface area contributed by atoms with Crippen molar-refractivity contribution in [3.63, 3.8) is 0 Å². The molecule has 5 nitrogen and oxygen atoms in total. The molecule has 0 unspecified atom stereocenters. The molecule has 0 bridgehead atoms. The van der Waals surface area contributed by atoms with Gasteiger partial charge >= 0.3 is 5.97 Å². The second-order valence-electron chi connectivity index (χ2n) is 5.89. The van der Waals surface area contributed by atoms with Crippen molar-refractivity contribution in [2.24, 2.45) is 0 Å². The van der Waals surface area contributed by atoms with E-state index in [0.717, 1.165) is 18.8 Å². The monoisotopic (exact) mass is 346 g/mol. The van der Waals surface area contributed by atoms with Crippen molar-refractivity contribution in [2.75, 3.05) is 19.7 Å². The number of hydrogen-bond acceptors (Lipinski definition) is 6. The summed E-state index contributed by atoms with van der Waals surface area (Å²) < 4.78 is 11.2. The highest BCUT2D eigenvalue weighted by Gasteiger charge is 2.28. The molecule has 6 heteroatoms. The SMILES string of the molecule is CCOC(=O)c1scnc1CN1C[C@@H](C)O[C@H](c2ccccc2)C1. The summed E-state index contributed by atoms with van der Waals surface area (Å²) in [6, 6.07) is 10.2. The Hall–Kier alpha value is -1.76. The van der Waals surface area contributed by atoms with Crippen LogP contribution in [0.4, 0.5) is 0 Å². The predicted octanol–water partition coefficient (Wildman–Crippen LogP) is 3.28. The summed E-state index contributed by atoms with van der Waals surface area (Å²) in [5, 5.41) is 0. The van der Waals surface area contributed by atoms with Crippen LogP contribution in [-0.4, -0.2) is 41.7 Å². The van der Waals surface area contributed by atoms with Crippen molar-refractivity contribution in [3.8, 4) is 0 Å². The third-order valence-corrected chi connectivity index (χ3v) is 4.83. The molecule has 1 saturated heterocycles. The number of morpholine rings is 1. The molecule has 0 aliphatic carbocycles. The molecule has 0 amide bonds. The molecule has 1 aromatic carbocycles. The third kappa shape index (κ3) is 4.01. The zero-order valence-corrected chi connectivity index (χ0v) is 14.8. The quantitative estimate of drug-likeness (QED) is 0.778. The maximum absolute atomic E-state index is 12.0. The maximum Gasteiger partial charge on any atom is 0.350 e. The summed E-state index contributed by atoms with van der Waals surface area (Å²) in [6.07, 6.45) is 0.174. The number of ether oxygens (including phenoxy) is 2. The normalized spacial score (nSPS) is 21.6. The summed E-state index contributed by atoms with van der Waals surface area (Å²) in [4.78, 5) is 19.3. The molecule has 1 aliphatic rings. The lowest BCUT2D eigenvalue weighted by Gasteiger charge is -2.36. The molecule has 1 aliphatic heterocycles. The van der Waals surface area contributed by atoms with E-state index in [2.05, 4.69) is 28.9 Å². The number of nitrogens with zero attached hydrogens (tertiary/aromatic N) is 2. The van der Waals surface area contributed by atoms with Gasteiger partial charge in [0.25, 0.3) is 0 Å². The molecular weight excluding hydrogens is 324 g/mol. The first kappa shape index (κ1) is 17.1. The molecular formula is C18H22N2O3S. The molecule has 24 heavy (non-hydrogen) atoms. The Kier molecular flexibility index (Phi) is 5.60. The number of aromatic nitrogens is 1. The minimum atomic E-state index is -0.282. The highest BCUT2D eigenvalue weighted by Crippen LogP contribution is 2.27. The first-order valence-corrected chi connectivity index (χ1v) is 9.07. The molecule has 0 spiro atoms. The van der Waals surface area contributed by atoms with Gasteiger partial charge in [-0.15, -0.1) is 11.3 Å². The summed E-state index contributed by atoms with van der Waals surface area (Å²) >= 11 is 1.34. The highest BCUT2D eigenvalue weighted by atomic mass is 32.1. The van der Waals surface area contributed by atoms with E-state index in [4.69, 9.17) is 9.47 Å². The van der Waals surface area contributed by atoms with Crippen LogP contribution in [0.2, 0.25) is 0 Å². The number of rotatable bonds is 5. The van der Waals surface area contributed by atoms with E-state index in [9.17, 15) is 4.79 Å². The highest BCUT2D eigenvalue weighted by molar-refractivity contribution is 7.11. The van der Waals surface area contributed by atoms with E-state index in [1.54, 1.807) is 5.51 Å². The minimum absolute atomic E-state index is 0.0413. The van der Waals surface area contributed by atoms with E-state index in [0.29, 0.717) is 18.0 Å². The van der Waals surface area contributed by atoms with Gasteiger partial charge in [-0.3, -0.25) is 4.90 Å². The van der Waals surface area contributed by atoms with Gasteiger partial charge in [0.05, 0.1) is 30.0 Å². The van der Waals surface area contributed by atoms with Crippen LogP contribution in [0, 0.1) is 0 Å². The van der Waals surface area contributed by atoms with E-state index in [1.165, 1.54) is 16.9 Å². The Morgan fingerprint density at radius 3 is 2.92 bits per heavy atom. The molecule has 2 aromatic rings. The third-order valence-electron chi connectivity index (χ3n) is 3.98. The first-order valence-electron chi connectivity index (χ1n) is 8.19. The largest absolute Gasteiger partial charge is 0.462 e.